The lowest BCUT2D eigenvalue weighted by molar-refractivity contribution is 0.0246. The molecule has 3 aromatic carbocycles. The second kappa shape index (κ2) is 11.7. The number of carbonyl (C=O) groups is 1. The fourth-order valence-corrected chi connectivity index (χ4v) is 6.17. The number of benzene rings is 3. The van der Waals surface area contributed by atoms with Crippen molar-refractivity contribution in [1.29, 1.82) is 0 Å². The number of rotatable bonds is 8. The Bertz CT molecular complexity index is 1530. The van der Waals surface area contributed by atoms with E-state index in [1.807, 2.05) is 53.4 Å². The fourth-order valence-electron chi connectivity index (χ4n) is 6.17. The Labute approximate surface area is 249 Å². The Hall–Kier alpha value is -3.97. The summed E-state index contributed by atoms with van der Waals surface area (Å²) in [6.45, 7) is 13.6. The number of piperazine rings is 1. The Morgan fingerprint density at radius 3 is 2.31 bits per heavy atom. The maximum atomic E-state index is 13.5. The van der Waals surface area contributed by atoms with Crippen molar-refractivity contribution in [2.45, 2.75) is 40.0 Å². The Balaban J connectivity index is 1.10. The van der Waals surface area contributed by atoms with Gasteiger partial charge in [0.05, 0.1) is 18.5 Å². The number of methoxy groups -OCH3 is 1. The van der Waals surface area contributed by atoms with Crippen LogP contribution in [0.3, 0.4) is 0 Å². The van der Waals surface area contributed by atoms with E-state index in [4.69, 9.17) is 9.47 Å². The van der Waals surface area contributed by atoms with E-state index in [0.29, 0.717) is 12.6 Å². The van der Waals surface area contributed by atoms with E-state index in [-0.39, 0.29) is 11.3 Å². The van der Waals surface area contributed by atoms with Crippen molar-refractivity contribution in [3.05, 3.63) is 90.1 Å². The normalized spacial score (nSPS) is 16.5. The molecule has 1 aromatic heterocycles. The number of aromatic nitrogens is 1. The number of amides is 1. The molecule has 0 radical (unpaired) electrons. The van der Waals surface area contributed by atoms with Crippen LogP contribution < -0.4 is 14.4 Å². The van der Waals surface area contributed by atoms with Gasteiger partial charge in [0.25, 0.3) is 5.91 Å². The minimum atomic E-state index is 0.104. The van der Waals surface area contributed by atoms with E-state index in [1.54, 1.807) is 7.11 Å². The van der Waals surface area contributed by atoms with Crippen molar-refractivity contribution >= 4 is 22.5 Å². The van der Waals surface area contributed by atoms with E-state index in [0.717, 1.165) is 85.2 Å². The van der Waals surface area contributed by atoms with E-state index in [1.165, 1.54) is 0 Å². The van der Waals surface area contributed by atoms with Gasteiger partial charge in [-0.2, -0.15) is 0 Å². The third-order valence-corrected chi connectivity index (χ3v) is 8.40. The van der Waals surface area contributed by atoms with Crippen molar-refractivity contribution in [3.63, 3.8) is 0 Å². The highest BCUT2D eigenvalue weighted by atomic mass is 16.5. The molecule has 0 saturated carbocycles. The van der Waals surface area contributed by atoms with Gasteiger partial charge in [0.15, 0.2) is 0 Å². The largest absolute Gasteiger partial charge is 0.495 e. The van der Waals surface area contributed by atoms with E-state index in [2.05, 4.69) is 65.5 Å². The van der Waals surface area contributed by atoms with Gasteiger partial charge in [-0.1, -0.05) is 51.1 Å². The zero-order valence-corrected chi connectivity index (χ0v) is 25.3. The van der Waals surface area contributed by atoms with Gasteiger partial charge in [0.2, 0.25) is 0 Å². The first-order chi connectivity index (χ1) is 20.3. The molecule has 2 aliphatic rings. The molecule has 1 amide bonds. The van der Waals surface area contributed by atoms with Crippen LogP contribution in [0.25, 0.3) is 10.9 Å². The molecule has 4 aromatic rings. The predicted octanol–water partition coefficient (Wildman–Crippen LogP) is 5.92. The third kappa shape index (κ3) is 5.97. The van der Waals surface area contributed by atoms with Crippen LogP contribution in [-0.2, 0) is 13.2 Å². The second-order valence-electron chi connectivity index (χ2n) is 12.7. The van der Waals surface area contributed by atoms with Crippen molar-refractivity contribution in [2.24, 2.45) is 5.41 Å². The molecule has 0 bridgehead atoms. The molecule has 7 nitrogen and oxygen atoms in total. The average molecular weight is 567 g/mol. The summed E-state index contributed by atoms with van der Waals surface area (Å²) in [6.07, 6.45) is 0. The van der Waals surface area contributed by atoms with Crippen molar-refractivity contribution in [1.82, 2.24) is 14.4 Å². The van der Waals surface area contributed by atoms with Crippen LogP contribution in [0.4, 0.5) is 5.69 Å². The van der Waals surface area contributed by atoms with Gasteiger partial charge in [-0.05, 0) is 53.9 Å². The highest BCUT2D eigenvalue weighted by molar-refractivity contribution is 5.98. The van der Waals surface area contributed by atoms with E-state index in [9.17, 15) is 4.79 Å². The van der Waals surface area contributed by atoms with E-state index >= 15 is 0 Å². The Morgan fingerprint density at radius 1 is 0.881 bits per heavy atom. The first kappa shape index (κ1) is 28.2. The molecular formula is C35H42N4O3. The minimum Gasteiger partial charge on any atom is -0.495 e. The molecular weight excluding hydrogens is 524 g/mol. The SMILES string of the molecule is COc1ccccc1N1CCN(C2CN(C(=O)c3ccc4c(c3)cc(COc3ccccc3)n4CC(C)(C)C)C2)CC1. The molecule has 6 rings (SSSR count). The molecule has 2 aliphatic heterocycles. The third-order valence-electron chi connectivity index (χ3n) is 8.40. The first-order valence-electron chi connectivity index (χ1n) is 15.0. The number of fused-ring (bicyclic) bond motifs is 1. The number of anilines is 1. The van der Waals surface area contributed by atoms with Crippen molar-refractivity contribution < 1.29 is 14.3 Å². The summed E-state index contributed by atoms with van der Waals surface area (Å²) in [5, 5.41) is 1.08. The van der Waals surface area contributed by atoms with Crippen LogP contribution in [0.2, 0.25) is 0 Å². The molecule has 0 unspecified atom stereocenters. The monoisotopic (exact) mass is 566 g/mol. The molecule has 220 valence electrons. The van der Waals surface area contributed by atoms with Crippen molar-refractivity contribution in [2.75, 3.05) is 51.3 Å². The van der Waals surface area contributed by atoms with E-state index < -0.39 is 0 Å². The number of hydrogen-bond donors (Lipinski definition) is 0. The zero-order valence-electron chi connectivity index (χ0n) is 25.3. The molecule has 0 atom stereocenters. The first-order valence-corrected chi connectivity index (χ1v) is 15.0. The maximum absolute atomic E-state index is 13.5. The number of nitrogens with zero attached hydrogens (tertiary/aromatic N) is 4. The Morgan fingerprint density at radius 2 is 1.60 bits per heavy atom. The molecule has 3 heterocycles. The summed E-state index contributed by atoms with van der Waals surface area (Å²) in [7, 11) is 1.73. The van der Waals surface area contributed by atoms with Gasteiger partial charge in [-0.15, -0.1) is 0 Å². The maximum Gasteiger partial charge on any atom is 0.253 e. The summed E-state index contributed by atoms with van der Waals surface area (Å²) in [6, 6.07) is 26.9. The Kier molecular flexibility index (Phi) is 7.86. The number of carbonyl (C=O) groups excluding carboxylic acids is 1. The summed E-state index contributed by atoms with van der Waals surface area (Å²) in [4.78, 5) is 20.4. The standard InChI is InChI=1S/C35H42N4O3/c1-35(2,3)25-39-28(24-42-30-10-6-5-7-11-30)21-27-20-26(14-15-31(27)39)34(40)38-22-29(23-38)36-16-18-37(19-17-36)32-12-8-9-13-33(32)41-4/h5-15,20-21,29H,16-19,22-25H2,1-4H3. The molecule has 42 heavy (non-hydrogen) atoms. The smallest absolute Gasteiger partial charge is 0.253 e. The highest BCUT2D eigenvalue weighted by Crippen LogP contribution is 2.31. The van der Waals surface area contributed by atoms with Gasteiger partial charge in [0, 0.05) is 68.3 Å². The minimum absolute atomic E-state index is 0.104. The van der Waals surface area contributed by atoms with Gasteiger partial charge in [-0.25, -0.2) is 0 Å². The quantitative estimate of drug-likeness (QED) is 0.265. The number of ether oxygens (including phenoxy) is 2. The topological polar surface area (TPSA) is 50.2 Å². The van der Waals surface area contributed by atoms with Gasteiger partial charge in [-0.3, -0.25) is 9.69 Å². The van der Waals surface area contributed by atoms with Crippen LogP contribution in [0, 0.1) is 5.41 Å². The highest BCUT2D eigenvalue weighted by Gasteiger charge is 2.36. The molecule has 0 spiro atoms. The van der Waals surface area contributed by atoms with Gasteiger partial charge < -0.3 is 23.8 Å². The molecule has 2 fully saturated rings. The van der Waals surface area contributed by atoms with Crippen LogP contribution >= 0.6 is 0 Å². The van der Waals surface area contributed by atoms with Crippen LogP contribution in [0.15, 0.2) is 78.9 Å². The lowest BCUT2D eigenvalue weighted by Gasteiger charge is -2.48. The summed E-state index contributed by atoms with van der Waals surface area (Å²) in [5.41, 5.74) is 4.27. The van der Waals surface area contributed by atoms with Crippen LogP contribution in [0.1, 0.15) is 36.8 Å². The summed E-state index contributed by atoms with van der Waals surface area (Å²) < 4.78 is 14.0. The van der Waals surface area contributed by atoms with Crippen molar-refractivity contribution in [3.8, 4) is 11.5 Å². The number of likely N-dealkylation sites (tertiary alicyclic amines) is 1. The van der Waals surface area contributed by atoms with Crippen LogP contribution in [-0.4, -0.2) is 72.7 Å². The summed E-state index contributed by atoms with van der Waals surface area (Å²) in [5.74, 6) is 1.90. The molecule has 2 saturated heterocycles. The lowest BCUT2D eigenvalue weighted by atomic mass is 9.96. The fraction of sp³-hybridized carbons (Fsp3) is 0.400. The molecule has 7 heteroatoms. The van der Waals surface area contributed by atoms with Gasteiger partial charge in [0.1, 0.15) is 18.1 Å². The second-order valence-corrected chi connectivity index (χ2v) is 12.7. The molecule has 0 N–H and O–H groups in total. The molecule has 0 aliphatic carbocycles. The number of para-hydroxylation sites is 3. The predicted molar refractivity (Wildman–Crippen MR) is 169 cm³/mol. The van der Waals surface area contributed by atoms with Crippen LogP contribution in [0.5, 0.6) is 11.5 Å². The average Bonchev–Trinajstić information content (AvgIpc) is 3.31. The number of hydrogen-bond acceptors (Lipinski definition) is 5. The lowest BCUT2D eigenvalue weighted by Crippen LogP contribution is -2.64. The summed E-state index contributed by atoms with van der Waals surface area (Å²) >= 11 is 0. The zero-order chi connectivity index (χ0) is 29.3. The van der Waals surface area contributed by atoms with Gasteiger partial charge >= 0.3 is 0 Å².